The molecule has 3 rings (SSSR count). The Bertz CT molecular complexity index is 516. The van der Waals surface area contributed by atoms with Crippen molar-refractivity contribution in [3.8, 4) is 0 Å². The molecule has 0 bridgehead atoms. The zero-order valence-electron chi connectivity index (χ0n) is 9.84. The fourth-order valence-corrected chi connectivity index (χ4v) is 2.75. The quantitative estimate of drug-likeness (QED) is 0.857. The molecule has 1 aliphatic carbocycles. The van der Waals surface area contributed by atoms with Crippen molar-refractivity contribution >= 4 is 5.82 Å². The van der Waals surface area contributed by atoms with E-state index in [9.17, 15) is 0 Å². The summed E-state index contributed by atoms with van der Waals surface area (Å²) < 4.78 is 1.96. The number of anilines is 1. The van der Waals surface area contributed by atoms with Gasteiger partial charge < -0.3 is 5.73 Å². The largest absolute Gasteiger partial charge is 0.382 e. The predicted molar refractivity (Wildman–Crippen MR) is 68.8 cm³/mol. The maximum atomic E-state index is 5.65. The normalized spacial score (nSPS) is 18.9. The van der Waals surface area contributed by atoms with Crippen molar-refractivity contribution < 1.29 is 0 Å². The van der Waals surface area contributed by atoms with E-state index in [-0.39, 0.29) is 0 Å². The summed E-state index contributed by atoms with van der Waals surface area (Å²) >= 11 is 0. The van der Waals surface area contributed by atoms with E-state index < -0.39 is 0 Å². The Morgan fingerprint density at radius 3 is 3.00 bits per heavy atom. The second kappa shape index (κ2) is 4.24. The highest BCUT2D eigenvalue weighted by Crippen LogP contribution is 2.32. The third-order valence-corrected chi connectivity index (χ3v) is 3.56. The molecule has 0 saturated heterocycles. The fraction of sp³-hybridized carbons (Fsp3) is 0.357. The number of aromatic nitrogens is 2. The van der Waals surface area contributed by atoms with Gasteiger partial charge in [0.25, 0.3) is 0 Å². The van der Waals surface area contributed by atoms with Crippen LogP contribution in [0.5, 0.6) is 0 Å². The Kier molecular flexibility index (Phi) is 2.59. The van der Waals surface area contributed by atoms with Gasteiger partial charge in [0.15, 0.2) is 0 Å². The lowest BCUT2D eigenvalue weighted by atomic mass is 9.83. The van der Waals surface area contributed by atoms with Crippen LogP contribution in [-0.4, -0.2) is 9.78 Å². The van der Waals surface area contributed by atoms with E-state index in [1.54, 1.807) is 0 Å². The standard InChI is InChI=1S/C14H17N3/c15-14-8-9-17(16-14)10-12-6-3-5-11-4-1-2-7-13(11)12/h1-2,4,7-9,12H,3,5-6,10H2,(H2,15,16). The van der Waals surface area contributed by atoms with Gasteiger partial charge in [-0.25, -0.2) is 0 Å². The van der Waals surface area contributed by atoms with E-state index in [4.69, 9.17) is 5.73 Å². The highest BCUT2D eigenvalue weighted by molar-refractivity contribution is 5.32. The molecule has 0 spiro atoms. The molecule has 0 saturated carbocycles. The van der Waals surface area contributed by atoms with Gasteiger partial charge in [-0.1, -0.05) is 24.3 Å². The summed E-state index contributed by atoms with van der Waals surface area (Å²) in [5.74, 6) is 1.19. The number of rotatable bonds is 2. The number of fused-ring (bicyclic) bond motifs is 1. The van der Waals surface area contributed by atoms with Crippen molar-refractivity contribution in [3.05, 3.63) is 47.7 Å². The lowest BCUT2D eigenvalue weighted by Gasteiger charge is -2.25. The lowest BCUT2D eigenvalue weighted by molar-refractivity contribution is 0.458. The first-order valence-corrected chi connectivity index (χ1v) is 6.19. The second-order valence-corrected chi connectivity index (χ2v) is 4.75. The minimum Gasteiger partial charge on any atom is -0.382 e. The minimum absolute atomic E-state index is 0.583. The molecule has 1 aliphatic rings. The smallest absolute Gasteiger partial charge is 0.145 e. The number of aryl methyl sites for hydroxylation is 1. The van der Waals surface area contributed by atoms with E-state index >= 15 is 0 Å². The minimum atomic E-state index is 0.583. The SMILES string of the molecule is Nc1ccn(CC2CCCc3ccccc32)n1. The monoisotopic (exact) mass is 227 g/mol. The van der Waals surface area contributed by atoms with Crippen LogP contribution in [0.15, 0.2) is 36.5 Å². The van der Waals surface area contributed by atoms with Crippen molar-refractivity contribution in [1.29, 1.82) is 0 Å². The Hall–Kier alpha value is -1.77. The first-order chi connectivity index (χ1) is 8.33. The average Bonchev–Trinajstić information content (AvgIpc) is 2.75. The molecule has 1 unspecified atom stereocenters. The molecule has 0 aliphatic heterocycles. The van der Waals surface area contributed by atoms with Gasteiger partial charge in [-0.15, -0.1) is 0 Å². The molecule has 1 heterocycles. The molecule has 17 heavy (non-hydrogen) atoms. The van der Waals surface area contributed by atoms with Gasteiger partial charge in [-0.05, 0) is 36.5 Å². The van der Waals surface area contributed by atoms with Crippen molar-refractivity contribution in [2.45, 2.75) is 31.7 Å². The lowest BCUT2D eigenvalue weighted by Crippen LogP contribution is -2.15. The van der Waals surface area contributed by atoms with Crippen LogP contribution >= 0.6 is 0 Å². The topological polar surface area (TPSA) is 43.8 Å². The highest BCUT2D eigenvalue weighted by atomic mass is 15.3. The van der Waals surface area contributed by atoms with E-state index in [1.807, 2.05) is 16.9 Å². The molecule has 88 valence electrons. The van der Waals surface area contributed by atoms with Crippen LogP contribution in [0.4, 0.5) is 5.82 Å². The summed E-state index contributed by atoms with van der Waals surface area (Å²) in [5.41, 5.74) is 8.64. The summed E-state index contributed by atoms with van der Waals surface area (Å²) in [6.07, 6.45) is 5.70. The molecular formula is C14H17N3. The van der Waals surface area contributed by atoms with Gasteiger partial charge in [0.1, 0.15) is 5.82 Å². The van der Waals surface area contributed by atoms with Gasteiger partial charge in [-0.2, -0.15) is 5.10 Å². The average molecular weight is 227 g/mol. The second-order valence-electron chi connectivity index (χ2n) is 4.75. The van der Waals surface area contributed by atoms with E-state index in [2.05, 4.69) is 29.4 Å². The number of nitrogen functional groups attached to an aromatic ring is 1. The maximum Gasteiger partial charge on any atom is 0.145 e. The van der Waals surface area contributed by atoms with Crippen molar-refractivity contribution in [2.24, 2.45) is 0 Å². The number of hydrogen-bond acceptors (Lipinski definition) is 2. The van der Waals surface area contributed by atoms with Crippen molar-refractivity contribution in [2.75, 3.05) is 5.73 Å². The number of benzene rings is 1. The van der Waals surface area contributed by atoms with Crippen LogP contribution in [-0.2, 0) is 13.0 Å². The Morgan fingerprint density at radius 2 is 2.18 bits per heavy atom. The molecule has 1 aromatic heterocycles. The summed E-state index contributed by atoms with van der Waals surface area (Å²) in [4.78, 5) is 0. The first kappa shape index (κ1) is 10.4. The maximum absolute atomic E-state index is 5.65. The zero-order chi connectivity index (χ0) is 11.7. The van der Waals surface area contributed by atoms with Crippen molar-refractivity contribution in [3.63, 3.8) is 0 Å². The molecule has 3 heteroatoms. The van der Waals surface area contributed by atoms with Crippen molar-refractivity contribution in [1.82, 2.24) is 9.78 Å². The zero-order valence-corrected chi connectivity index (χ0v) is 9.84. The van der Waals surface area contributed by atoms with Crippen LogP contribution in [0.3, 0.4) is 0 Å². The molecule has 2 aromatic rings. The van der Waals surface area contributed by atoms with Crippen LogP contribution in [0.25, 0.3) is 0 Å². The predicted octanol–water partition coefficient (Wildman–Crippen LogP) is 2.59. The molecule has 1 atom stereocenters. The number of nitrogens with two attached hydrogens (primary N) is 1. The van der Waals surface area contributed by atoms with Gasteiger partial charge in [0.2, 0.25) is 0 Å². The Labute approximate surface area is 101 Å². The molecule has 3 nitrogen and oxygen atoms in total. The first-order valence-electron chi connectivity index (χ1n) is 6.19. The number of hydrogen-bond donors (Lipinski definition) is 1. The molecule has 2 N–H and O–H groups in total. The summed E-state index contributed by atoms with van der Waals surface area (Å²) in [6, 6.07) is 10.6. The Morgan fingerprint density at radius 1 is 1.29 bits per heavy atom. The molecule has 0 radical (unpaired) electrons. The summed E-state index contributed by atoms with van der Waals surface area (Å²) in [7, 11) is 0. The van der Waals surface area contributed by atoms with E-state index in [1.165, 1.54) is 30.4 Å². The Balaban J connectivity index is 1.85. The van der Waals surface area contributed by atoms with Crippen LogP contribution in [0, 0.1) is 0 Å². The van der Waals surface area contributed by atoms with Crippen LogP contribution in [0.2, 0.25) is 0 Å². The summed E-state index contributed by atoms with van der Waals surface area (Å²) in [5, 5.41) is 4.27. The molecule has 0 fully saturated rings. The van der Waals surface area contributed by atoms with Crippen LogP contribution in [0.1, 0.15) is 29.9 Å². The van der Waals surface area contributed by atoms with Gasteiger partial charge in [-0.3, -0.25) is 4.68 Å². The van der Waals surface area contributed by atoms with Gasteiger partial charge in [0.05, 0.1) is 0 Å². The van der Waals surface area contributed by atoms with Crippen LogP contribution < -0.4 is 5.73 Å². The molecule has 0 amide bonds. The molecular weight excluding hydrogens is 210 g/mol. The van der Waals surface area contributed by atoms with E-state index in [0.29, 0.717) is 11.7 Å². The van der Waals surface area contributed by atoms with Gasteiger partial charge >= 0.3 is 0 Å². The third kappa shape index (κ3) is 2.05. The van der Waals surface area contributed by atoms with Gasteiger partial charge in [0, 0.05) is 18.7 Å². The summed E-state index contributed by atoms with van der Waals surface area (Å²) in [6.45, 7) is 0.939. The fourth-order valence-electron chi connectivity index (χ4n) is 2.75. The number of nitrogens with zero attached hydrogens (tertiary/aromatic N) is 2. The van der Waals surface area contributed by atoms with E-state index in [0.717, 1.165) is 6.54 Å². The molecule has 1 aromatic carbocycles. The highest BCUT2D eigenvalue weighted by Gasteiger charge is 2.20. The third-order valence-electron chi connectivity index (χ3n) is 3.56.